The number of thiophene rings is 1. The molecule has 0 aliphatic heterocycles. The second kappa shape index (κ2) is 6.93. The maximum Gasteiger partial charge on any atom is 0.183 e. The molecule has 0 saturated heterocycles. The van der Waals surface area contributed by atoms with Crippen molar-refractivity contribution in [1.29, 1.82) is 0 Å². The molecule has 4 aromatic rings. The summed E-state index contributed by atoms with van der Waals surface area (Å²) in [4.78, 5) is 19.3. The zero-order valence-electron chi connectivity index (χ0n) is 13.7. The second-order valence-corrected chi connectivity index (χ2v) is 7.20. The van der Waals surface area contributed by atoms with E-state index in [0.717, 1.165) is 20.7 Å². The molecule has 26 heavy (non-hydrogen) atoms. The van der Waals surface area contributed by atoms with Crippen molar-refractivity contribution < 1.29 is 4.39 Å². The minimum Gasteiger partial charge on any atom is -0.365 e. The fourth-order valence-corrected chi connectivity index (χ4v) is 3.79. The Morgan fingerprint density at radius 1 is 1.15 bits per heavy atom. The standard InChI is InChI=1S/C18H13ClFN5S/c1-10-15(19)14-17(23-8-11-2-4-12(20)5-3-11)24-16(25-18(14)26-10)13-9-21-6-7-22-13/h2-7,9H,8H2,1H3,(H,23,24,25). The summed E-state index contributed by atoms with van der Waals surface area (Å²) in [6, 6.07) is 6.31. The van der Waals surface area contributed by atoms with Crippen LogP contribution in [-0.2, 0) is 6.54 Å². The molecule has 1 N–H and O–H groups in total. The highest BCUT2D eigenvalue weighted by molar-refractivity contribution is 7.19. The Hall–Kier alpha value is -2.64. The van der Waals surface area contributed by atoms with Crippen LogP contribution in [0.15, 0.2) is 42.9 Å². The van der Waals surface area contributed by atoms with Crippen molar-refractivity contribution in [2.24, 2.45) is 0 Å². The predicted molar refractivity (Wildman–Crippen MR) is 102 cm³/mol. The number of nitrogens with zero attached hydrogens (tertiary/aromatic N) is 4. The molecule has 4 rings (SSSR count). The van der Waals surface area contributed by atoms with Gasteiger partial charge in [0.15, 0.2) is 5.82 Å². The average molecular weight is 386 g/mol. The van der Waals surface area contributed by atoms with Crippen molar-refractivity contribution in [2.45, 2.75) is 13.5 Å². The molecule has 0 saturated carbocycles. The van der Waals surface area contributed by atoms with Gasteiger partial charge in [0.25, 0.3) is 0 Å². The van der Waals surface area contributed by atoms with Gasteiger partial charge in [-0.2, -0.15) is 0 Å². The van der Waals surface area contributed by atoms with Crippen LogP contribution in [0, 0.1) is 12.7 Å². The van der Waals surface area contributed by atoms with Crippen molar-refractivity contribution in [3.63, 3.8) is 0 Å². The molecule has 0 amide bonds. The van der Waals surface area contributed by atoms with Crippen LogP contribution >= 0.6 is 22.9 Å². The number of hydrogen-bond acceptors (Lipinski definition) is 6. The lowest BCUT2D eigenvalue weighted by atomic mass is 10.2. The quantitative estimate of drug-likeness (QED) is 0.543. The van der Waals surface area contributed by atoms with Gasteiger partial charge in [0, 0.05) is 23.8 Å². The van der Waals surface area contributed by atoms with Crippen LogP contribution in [-0.4, -0.2) is 19.9 Å². The Balaban J connectivity index is 1.76. The maximum atomic E-state index is 13.1. The Morgan fingerprint density at radius 3 is 2.69 bits per heavy atom. The molecule has 0 spiro atoms. The molecule has 0 radical (unpaired) electrons. The number of anilines is 1. The van der Waals surface area contributed by atoms with E-state index in [4.69, 9.17) is 11.6 Å². The summed E-state index contributed by atoms with van der Waals surface area (Å²) in [5, 5.41) is 4.71. The van der Waals surface area contributed by atoms with Gasteiger partial charge < -0.3 is 5.32 Å². The molecule has 0 atom stereocenters. The highest BCUT2D eigenvalue weighted by Crippen LogP contribution is 2.38. The number of aryl methyl sites for hydroxylation is 1. The molecule has 0 aliphatic rings. The van der Waals surface area contributed by atoms with Gasteiger partial charge >= 0.3 is 0 Å². The van der Waals surface area contributed by atoms with Gasteiger partial charge in [-0.1, -0.05) is 23.7 Å². The Labute approximate surface area is 157 Å². The van der Waals surface area contributed by atoms with E-state index < -0.39 is 0 Å². The molecule has 1 aromatic carbocycles. The summed E-state index contributed by atoms with van der Waals surface area (Å²) >= 11 is 7.97. The van der Waals surface area contributed by atoms with E-state index >= 15 is 0 Å². The van der Waals surface area contributed by atoms with Crippen LogP contribution in [0.5, 0.6) is 0 Å². The molecular weight excluding hydrogens is 373 g/mol. The van der Waals surface area contributed by atoms with Gasteiger partial charge in [-0.25, -0.2) is 19.3 Å². The number of benzene rings is 1. The van der Waals surface area contributed by atoms with Crippen molar-refractivity contribution in [3.8, 4) is 11.5 Å². The summed E-state index contributed by atoms with van der Waals surface area (Å²) in [6.45, 7) is 2.43. The molecule has 3 aromatic heterocycles. The van der Waals surface area contributed by atoms with Crippen LogP contribution in [0.4, 0.5) is 10.2 Å². The molecule has 8 heteroatoms. The summed E-state index contributed by atoms with van der Waals surface area (Å²) in [5.41, 5.74) is 1.52. The fraction of sp³-hybridized carbons (Fsp3) is 0.111. The van der Waals surface area contributed by atoms with Crippen LogP contribution in [0.1, 0.15) is 10.4 Å². The largest absolute Gasteiger partial charge is 0.365 e. The number of rotatable bonds is 4. The number of aromatic nitrogens is 4. The lowest BCUT2D eigenvalue weighted by Crippen LogP contribution is -2.04. The zero-order chi connectivity index (χ0) is 18.1. The van der Waals surface area contributed by atoms with Gasteiger partial charge in [0.2, 0.25) is 0 Å². The lowest BCUT2D eigenvalue weighted by molar-refractivity contribution is 0.627. The normalized spacial score (nSPS) is 11.0. The number of halogens is 2. The molecule has 5 nitrogen and oxygen atoms in total. The summed E-state index contributed by atoms with van der Waals surface area (Å²) in [6.07, 6.45) is 4.82. The van der Waals surface area contributed by atoms with E-state index in [9.17, 15) is 4.39 Å². The van der Waals surface area contributed by atoms with Crippen molar-refractivity contribution in [3.05, 3.63) is 64.1 Å². The third-order valence-corrected chi connectivity index (χ3v) is 5.40. The highest BCUT2D eigenvalue weighted by atomic mass is 35.5. The average Bonchev–Trinajstić information content (AvgIpc) is 2.96. The summed E-state index contributed by atoms with van der Waals surface area (Å²) in [7, 11) is 0. The number of hydrogen-bond donors (Lipinski definition) is 1. The Kier molecular flexibility index (Phi) is 4.48. The number of nitrogens with one attached hydrogen (secondary N) is 1. The maximum absolute atomic E-state index is 13.1. The molecular formula is C18H13ClFN5S. The van der Waals surface area contributed by atoms with E-state index in [-0.39, 0.29) is 5.82 Å². The molecule has 0 unspecified atom stereocenters. The summed E-state index contributed by atoms with van der Waals surface area (Å²) < 4.78 is 13.1. The first kappa shape index (κ1) is 16.8. The molecule has 3 heterocycles. The zero-order valence-corrected chi connectivity index (χ0v) is 15.3. The fourth-order valence-electron chi connectivity index (χ4n) is 2.52. The van der Waals surface area contributed by atoms with Crippen LogP contribution in [0.25, 0.3) is 21.7 Å². The minimum absolute atomic E-state index is 0.264. The van der Waals surface area contributed by atoms with Gasteiger partial charge in [-0.15, -0.1) is 11.3 Å². The van der Waals surface area contributed by atoms with Gasteiger partial charge in [0.05, 0.1) is 16.6 Å². The first-order chi connectivity index (χ1) is 12.6. The van der Waals surface area contributed by atoms with Crippen LogP contribution in [0.3, 0.4) is 0 Å². The number of fused-ring (bicyclic) bond motifs is 1. The van der Waals surface area contributed by atoms with Gasteiger partial charge in [-0.3, -0.25) is 4.98 Å². The molecule has 0 fully saturated rings. The van der Waals surface area contributed by atoms with Crippen molar-refractivity contribution >= 4 is 39.0 Å². The van der Waals surface area contributed by atoms with E-state index in [0.29, 0.717) is 28.9 Å². The third kappa shape index (κ3) is 3.23. The van der Waals surface area contributed by atoms with Gasteiger partial charge in [0.1, 0.15) is 22.2 Å². The third-order valence-electron chi connectivity index (χ3n) is 3.82. The molecule has 130 valence electrons. The first-order valence-corrected chi connectivity index (χ1v) is 9.02. The SMILES string of the molecule is Cc1sc2nc(-c3cnccn3)nc(NCc3ccc(F)cc3)c2c1Cl. The smallest absolute Gasteiger partial charge is 0.183 e. The van der Waals surface area contributed by atoms with Crippen LogP contribution < -0.4 is 5.32 Å². The van der Waals surface area contributed by atoms with E-state index in [1.165, 1.54) is 23.5 Å². The van der Waals surface area contributed by atoms with Crippen molar-refractivity contribution in [1.82, 2.24) is 19.9 Å². The van der Waals surface area contributed by atoms with Gasteiger partial charge in [-0.05, 0) is 24.6 Å². The first-order valence-electron chi connectivity index (χ1n) is 7.83. The minimum atomic E-state index is -0.264. The monoisotopic (exact) mass is 385 g/mol. The predicted octanol–water partition coefficient (Wildman–Crippen LogP) is 4.86. The summed E-state index contributed by atoms with van der Waals surface area (Å²) in [5.74, 6) is 0.832. The Bertz CT molecular complexity index is 1070. The second-order valence-electron chi connectivity index (χ2n) is 5.62. The molecule has 0 aliphatic carbocycles. The molecule has 0 bridgehead atoms. The topological polar surface area (TPSA) is 63.6 Å². The van der Waals surface area contributed by atoms with Crippen LogP contribution in [0.2, 0.25) is 5.02 Å². The highest BCUT2D eigenvalue weighted by Gasteiger charge is 2.17. The lowest BCUT2D eigenvalue weighted by Gasteiger charge is -2.09. The van der Waals surface area contributed by atoms with E-state index in [1.54, 1.807) is 30.7 Å². The Morgan fingerprint density at radius 2 is 1.96 bits per heavy atom. The van der Waals surface area contributed by atoms with E-state index in [2.05, 4.69) is 25.3 Å². The van der Waals surface area contributed by atoms with Crippen molar-refractivity contribution in [2.75, 3.05) is 5.32 Å². The van der Waals surface area contributed by atoms with E-state index in [1.807, 2.05) is 6.92 Å².